The second kappa shape index (κ2) is 10.9. The van der Waals surface area contributed by atoms with Crippen LogP contribution in [0.25, 0.3) is 67.5 Å². The van der Waals surface area contributed by atoms with E-state index in [1.807, 2.05) is 6.07 Å². The monoisotopic (exact) mass is 657 g/mol. The van der Waals surface area contributed by atoms with Gasteiger partial charge in [0.15, 0.2) is 17.5 Å². The lowest BCUT2D eigenvalue weighted by Crippen LogP contribution is -2.19. The minimum atomic E-state index is -0.110. The van der Waals surface area contributed by atoms with Gasteiger partial charge >= 0.3 is 0 Å². The Kier molecular flexibility index (Phi) is 6.46. The molecule has 0 amide bonds. The van der Waals surface area contributed by atoms with E-state index in [1.165, 1.54) is 66.8 Å². The van der Waals surface area contributed by atoms with Crippen molar-refractivity contribution in [3.63, 3.8) is 0 Å². The molecule has 0 bridgehead atoms. The lowest BCUT2D eigenvalue weighted by Gasteiger charge is -2.28. The smallest absolute Gasteiger partial charge is 0.164 e. The van der Waals surface area contributed by atoms with Crippen molar-refractivity contribution in [2.75, 3.05) is 0 Å². The second-order valence-electron chi connectivity index (χ2n) is 15.2. The Labute approximate surface area is 300 Å². The van der Waals surface area contributed by atoms with Crippen molar-refractivity contribution in [1.29, 1.82) is 0 Å². The first-order valence-corrected chi connectivity index (χ1v) is 18.3. The van der Waals surface area contributed by atoms with Gasteiger partial charge < -0.3 is 0 Å². The first kappa shape index (κ1) is 30.2. The Morgan fingerprint density at radius 2 is 1.08 bits per heavy atom. The summed E-state index contributed by atoms with van der Waals surface area (Å²) in [4.78, 5) is 15.6. The molecule has 0 N–H and O–H groups in total. The van der Waals surface area contributed by atoms with Gasteiger partial charge in [-0.05, 0) is 98.2 Å². The summed E-state index contributed by atoms with van der Waals surface area (Å²) in [6.07, 6.45) is 3.02. The minimum Gasteiger partial charge on any atom is -0.208 e. The predicted molar refractivity (Wildman–Crippen MR) is 209 cm³/mol. The van der Waals surface area contributed by atoms with Crippen molar-refractivity contribution in [2.45, 2.75) is 57.8 Å². The molecule has 0 aliphatic heterocycles. The van der Waals surface area contributed by atoms with Gasteiger partial charge in [0.1, 0.15) is 0 Å². The van der Waals surface area contributed by atoms with E-state index in [0.717, 1.165) is 41.8 Å². The van der Waals surface area contributed by atoms with Crippen molar-refractivity contribution < 1.29 is 0 Å². The van der Waals surface area contributed by atoms with E-state index in [-0.39, 0.29) is 10.8 Å². The number of aromatic nitrogens is 3. The number of benzene rings is 6. The van der Waals surface area contributed by atoms with Crippen LogP contribution < -0.4 is 0 Å². The highest BCUT2D eigenvalue weighted by atomic mass is 15.0. The predicted octanol–water partition coefficient (Wildman–Crippen LogP) is 11.6. The molecule has 1 heterocycles. The Morgan fingerprint density at radius 1 is 0.451 bits per heavy atom. The lowest BCUT2D eigenvalue weighted by atomic mass is 9.75. The van der Waals surface area contributed by atoms with Crippen LogP contribution in [0.5, 0.6) is 0 Å². The van der Waals surface area contributed by atoms with Crippen LogP contribution in [0.1, 0.15) is 67.5 Å². The van der Waals surface area contributed by atoms with Gasteiger partial charge in [0.05, 0.1) is 0 Å². The summed E-state index contributed by atoms with van der Waals surface area (Å²) in [5.74, 6) is 2.13. The first-order chi connectivity index (χ1) is 24.8. The summed E-state index contributed by atoms with van der Waals surface area (Å²) in [5, 5.41) is 0. The normalized spacial score (nSPS) is 17.2. The molecule has 246 valence electrons. The average molecular weight is 658 g/mol. The van der Waals surface area contributed by atoms with E-state index in [2.05, 4.69) is 149 Å². The standard InChI is InChI=1S/C48H39N3/c1-5-48(4)41-21-12-10-17-35(41)39-28-38-30(26-43(39)48)22-24-33-32(38)18-13-19-37(33)46-50-44(29-14-7-6-8-15-29)49-45(51-46)31-23-25-36-34-16-9-11-20-40(34)47(2,3)42(36)27-31/h6-21,23,25-28H,5,22,24H2,1-4H3. The Balaban J connectivity index is 1.14. The summed E-state index contributed by atoms with van der Waals surface area (Å²) < 4.78 is 0. The maximum atomic E-state index is 5.28. The Hall–Kier alpha value is -5.67. The molecule has 0 radical (unpaired) electrons. The highest BCUT2D eigenvalue weighted by Crippen LogP contribution is 2.54. The van der Waals surface area contributed by atoms with E-state index >= 15 is 0 Å². The zero-order chi connectivity index (χ0) is 34.5. The molecule has 0 spiro atoms. The lowest BCUT2D eigenvalue weighted by molar-refractivity contribution is 0.564. The summed E-state index contributed by atoms with van der Waals surface area (Å²) in [6, 6.07) is 46.5. The molecule has 3 nitrogen and oxygen atoms in total. The maximum absolute atomic E-state index is 5.28. The zero-order valence-electron chi connectivity index (χ0n) is 29.6. The van der Waals surface area contributed by atoms with E-state index in [9.17, 15) is 0 Å². The molecule has 3 aliphatic rings. The number of rotatable bonds is 4. The summed E-state index contributed by atoms with van der Waals surface area (Å²) >= 11 is 0. The van der Waals surface area contributed by atoms with Crippen LogP contribution in [0.3, 0.4) is 0 Å². The Bertz CT molecular complexity index is 2560. The minimum absolute atomic E-state index is 0.0355. The fourth-order valence-electron chi connectivity index (χ4n) is 9.27. The van der Waals surface area contributed by atoms with Gasteiger partial charge in [0.25, 0.3) is 0 Å². The number of nitrogens with zero attached hydrogens (tertiary/aromatic N) is 3. The molecule has 1 unspecified atom stereocenters. The van der Waals surface area contributed by atoms with Crippen LogP contribution in [0.2, 0.25) is 0 Å². The molecule has 1 atom stereocenters. The van der Waals surface area contributed by atoms with E-state index in [1.54, 1.807) is 0 Å². The van der Waals surface area contributed by atoms with Gasteiger partial charge in [-0.25, -0.2) is 15.0 Å². The Morgan fingerprint density at radius 3 is 1.86 bits per heavy atom. The molecule has 0 fully saturated rings. The van der Waals surface area contributed by atoms with Crippen molar-refractivity contribution in [1.82, 2.24) is 15.0 Å². The third-order valence-corrected chi connectivity index (χ3v) is 12.2. The fourth-order valence-corrected chi connectivity index (χ4v) is 9.27. The number of hydrogen-bond donors (Lipinski definition) is 0. The highest BCUT2D eigenvalue weighted by molar-refractivity contribution is 5.89. The summed E-state index contributed by atoms with van der Waals surface area (Å²) in [5.41, 5.74) is 19.4. The number of fused-ring (bicyclic) bond motifs is 9. The van der Waals surface area contributed by atoms with E-state index in [0.29, 0.717) is 11.6 Å². The molecule has 0 saturated heterocycles. The van der Waals surface area contributed by atoms with Gasteiger partial charge in [0.2, 0.25) is 0 Å². The van der Waals surface area contributed by atoms with Crippen LogP contribution >= 0.6 is 0 Å². The number of hydrogen-bond acceptors (Lipinski definition) is 3. The van der Waals surface area contributed by atoms with Gasteiger partial charge in [-0.1, -0.05) is 143 Å². The number of aryl methyl sites for hydroxylation is 1. The van der Waals surface area contributed by atoms with Crippen molar-refractivity contribution in [2.24, 2.45) is 0 Å². The quantitative estimate of drug-likeness (QED) is 0.189. The average Bonchev–Trinajstić information content (AvgIpc) is 3.57. The van der Waals surface area contributed by atoms with Crippen molar-refractivity contribution in [3.8, 4) is 67.5 Å². The maximum Gasteiger partial charge on any atom is 0.164 e. The van der Waals surface area contributed by atoms with Crippen LogP contribution in [0, 0.1) is 0 Å². The molecule has 3 aliphatic carbocycles. The summed E-state index contributed by atoms with van der Waals surface area (Å²) in [6.45, 7) is 9.38. The molecule has 7 aromatic rings. The first-order valence-electron chi connectivity index (χ1n) is 18.3. The molecule has 51 heavy (non-hydrogen) atoms. The van der Waals surface area contributed by atoms with E-state index < -0.39 is 0 Å². The SMILES string of the molecule is CCC1(C)c2ccccc2-c2cc3c(cc21)CCc1c(-c2nc(-c4ccccc4)nc(-c4ccc5c(c4)C(C)(C)c4ccccc4-5)n2)cccc1-3. The molecule has 0 saturated carbocycles. The molecule has 10 rings (SSSR count). The van der Waals surface area contributed by atoms with Gasteiger partial charge in [-0.2, -0.15) is 0 Å². The second-order valence-corrected chi connectivity index (χ2v) is 15.2. The van der Waals surface area contributed by atoms with Crippen molar-refractivity contribution in [3.05, 3.63) is 161 Å². The molecular formula is C48H39N3. The van der Waals surface area contributed by atoms with Crippen LogP contribution in [0.4, 0.5) is 0 Å². The van der Waals surface area contributed by atoms with Gasteiger partial charge in [-0.15, -0.1) is 0 Å². The van der Waals surface area contributed by atoms with Crippen LogP contribution in [0.15, 0.2) is 127 Å². The van der Waals surface area contributed by atoms with E-state index in [4.69, 9.17) is 15.0 Å². The highest BCUT2D eigenvalue weighted by Gasteiger charge is 2.39. The van der Waals surface area contributed by atoms with Gasteiger partial charge in [-0.3, -0.25) is 0 Å². The molecule has 6 aromatic carbocycles. The molecule has 1 aromatic heterocycles. The third kappa shape index (κ3) is 4.34. The molecule has 3 heteroatoms. The third-order valence-electron chi connectivity index (χ3n) is 12.2. The van der Waals surface area contributed by atoms with Crippen molar-refractivity contribution >= 4 is 0 Å². The van der Waals surface area contributed by atoms with Crippen LogP contribution in [-0.4, -0.2) is 15.0 Å². The topological polar surface area (TPSA) is 38.7 Å². The summed E-state index contributed by atoms with van der Waals surface area (Å²) in [7, 11) is 0. The largest absolute Gasteiger partial charge is 0.208 e. The fraction of sp³-hybridized carbons (Fsp3) is 0.188. The molecular weight excluding hydrogens is 619 g/mol. The zero-order valence-corrected chi connectivity index (χ0v) is 29.6. The van der Waals surface area contributed by atoms with Crippen LogP contribution in [-0.2, 0) is 23.7 Å². The van der Waals surface area contributed by atoms with Gasteiger partial charge in [0, 0.05) is 27.5 Å².